The Morgan fingerprint density at radius 2 is 2.04 bits per heavy atom. The average molecular weight is 352 g/mol. The molecule has 9 heteroatoms. The van der Waals surface area contributed by atoms with Gasteiger partial charge in [-0.1, -0.05) is 12.1 Å². The Bertz CT molecular complexity index is 614. The van der Waals surface area contributed by atoms with Gasteiger partial charge in [0.15, 0.2) is 0 Å². The normalized spacial score (nSPS) is 19.5. The molecular formula is C14H19F3N2O3S. The molecule has 23 heavy (non-hydrogen) atoms. The van der Waals surface area contributed by atoms with Gasteiger partial charge in [0, 0.05) is 6.54 Å². The molecule has 1 aromatic carbocycles. The maximum absolute atomic E-state index is 12.4. The molecule has 1 unspecified atom stereocenters. The predicted molar refractivity (Wildman–Crippen MR) is 78.5 cm³/mol. The highest BCUT2D eigenvalue weighted by Crippen LogP contribution is 2.29. The summed E-state index contributed by atoms with van der Waals surface area (Å²) in [5.41, 5.74) is 0. The van der Waals surface area contributed by atoms with E-state index in [1.807, 2.05) is 0 Å². The summed E-state index contributed by atoms with van der Waals surface area (Å²) in [4.78, 5) is -0.515. The van der Waals surface area contributed by atoms with E-state index in [4.69, 9.17) is 0 Å². The van der Waals surface area contributed by atoms with E-state index in [9.17, 15) is 21.6 Å². The van der Waals surface area contributed by atoms with Crippen LogP contribution in [-0.4, -0.2) is 34.4 Å². The lowest BCUT2D eigenvalue weighted by atomic mass is 9.96. The van der Waals surface area contributed by atoms with Crippen LogP contribution >= 0.6 is 0 Å². The Morgan fingerprint density at radius 1 is 1.30 bits per heavy atom. The van der Waals surface area contributed by atoms with Gasteiger partial charge in [0.2, 0.25) is 10.0 Å². The van der Waals surface area contributed by atoms with Crippen LogP contribution < -0.4 is 14.8 Å². The maximum atomic E-state index is 12.4. The van der Waals surface area contributed by atoms with E-state index in [0.29, 0.717) is 12.3 Å². The Labute approximate surface area is 133 Å². The molecule has 0 bridgehead atoms. The molecule has 0 aliphatic carbocycles. The van der Waals surface area contributed by atoms with Crippen LogP contribution in [0, 0.1) is 5.92 Å². The maximum Gasteiger partial charge on any atom is 0.573 e. The quantitative estimate of drug-likeness (QED) is 0.824. The number of hydrogen-bond donors (Lipinski definition) is 2. The van der Waals surface area contributed by atoms with Gasteiger partial charge >= 0.3 is 6.36 Å². The summed E-state index contributed by atoms with van der Waals surface area (Å²) in [5, 5.41) is 3.23. The topological polar surface area (TPSA) is 67.4 Å². The molecule has 1 saturated heterocycles. The summed E-state index contributed by atoms with van der Waals surface area (Å²) in [6, 6.07) is 4.70. The average Bonchev–Trinajstić information content (AvgIpc) is 2.47. The van der Waals surface area contributed by atoms with Crippen LogP contribution in [0.25, 0.3) is 0 Å². The second-order valence-electron chi connectivity index (χ2n) is 5.39. The fraction of sp³-hybridized carbons (Fsp3) is 0.571. The molecule has 1 atom stereocenters. The lowest BCUT2D eigenvalue weighted by Crippen LogP contribution is -2.33. The molecule has 0 aromatic heterocycles. The van der Waals surface area contributed by atoms with E-state index < -0.39 is 27.0 Å². The minimum Gasteiger partial charge on any atom is -0.404 e. The van der Waals surface area contributed by atoms with Gasteiger partial charge in [-0.15, -0.1) is 13.2 Å². The van der Waals surface area contributed by atoms with Crippen LogP contribution in [0.4, 0.5) is 13.2 Å². The first-order chi connectivity index (χ1) is 10.8. The number of halogens is 3. The van der Waals surface area contributed by atoms with E-state index in [1.54, 1.807) is 0 Å². The van der Waals surface area contributed by atoms with E-state index in [1.165, 1.54) is 12.1 Å². The fourth-order valence-electron chi connectivity index (χ4n) is 2.53. The molecule has 1 fully saturated rings. The molecule has 5 nitrogen and oxygen atoms in total. The van der Waals surface area contributed by atoms with Gasteiger partial charge in [-0.05, 0) is 50.4 Å². The number of alkyl halides is 3. The highest BCUT2D eigenvalue weighted by molar-refractivity contribution is 7.89. The molecule has 1 aliphatic heterocycles. The van der Waals surface area contributed by atoms with Crippen molar-refractivity contribution < 1.29 is 26.3 Å². The van der Waals surface area contributed by atoms with Crippen molar-refractivity contribution >= 4 is 10.0 Å². The zero-order chi connectivity index (χ0) is 16.9. The molecule has 130 valence electrons. The minimum absolute atomic E-state index is 0.176. The summed E-state index contributed by atoms with van der Waals surface area (Å²) in [6.07, 6.45) is -2.25. The van der Waals surface area contributed by atoms with Crippen molar-refractivity contribution in [3.63, 3.8) is 0 Å². The van der Waals surface area contributed by atoms with Gasteiger partial charge in [0.1, 0.15) is 10.6 Å². The third-order valence-corrected chi connectivity index (χ3v) is 5.11. The van der Waals surface area contributed by atoms with Gasteiger partial charge < -0.3 is 10.1 Å². The van der Waals surface area contributed by atoms with E-state index in [0.717, 1.165) is 38.1 Å². The Hall–Kier alpha value is -1.32. The van der Waals surface area contributed by atoms with Crippen molar-refractivity contribution in [3.8, 4) is 5.75 Å². The molecule has 2 N–H and O–H groups in total. The summed E-state index contributed by atoms with van der Waals surface area (Å²) >= 11 is 0. The van der Waals surface area contributed by atoms with Gasteiger partial charge in [0.05, 0.1) is 0 Å². The smallest absolute Gasteiger partial charge is 0.404 e. The van der Waals surface area contributed by atoms with Crippen molar-refractivity contribution in [2.24, 2.45) is 5.92 Å². The third kappa shape index (κ3) is 5.67. The first-order valence-corrected chi connectivity index (χ1v) is 8.81. The molecule has 0 saturated carbocycles. The number of hydrogen-bond acceptors (Lipinski definition) is 4. The van der Waals surface area contributed by atoms with E-state index in [-0.39, 0.29) is 6.54 Å². The molecule has 1 aromatic rings. The summed E-state index contributed by atoms with van der Waals surface area (Å²) in [7, 11) is -4.06. The largest absolute Gasteiger partial charge is 0.573 e. The van der Waals surface area contributed by atoms with Gasteiger partial charge in [-0.2, -0.15) is 0 Å². The van der Waals surface area contributed by atoms with Gasteiger partial charge in [-0.3, -0.25) is 0 Å². The van der Waals surface area contributed by atoms with Crippen molar-refractivity contribution in [3.05, 3.63) is 24.3 Å². The molecule has 0 radical (unpaired) electrons. The van der Waals surface area contributed by atoms with E-state index >= 15 is 0 Å². The van der Waals surface area contributed by atoms with E-state index in [2.05, 4.69) is 14.8 Å². The number of sulfonamides is 1. The Morgan fingerprint density at radius 3 is 2.70 bits per heavy atom. The second kappa shape index (κ2) is 7.50. The Balaban J connectivity index is 2.01. The van der Waals surface area contributed by atoms with Crippen LogP contribution in [-0.2, 0) is 10.0 Å². The number of benzene rings is 1. The highest BCUT2D eigenvalue weighted by Gasteiger charge is 2.33. The van der Waals surface area contributed by atoms with Crippen LogP contribution in [0.3, 0.4) is 0 Å². The number of nitrogens with one attached hydrogen (secondary N) is 2. The molecule has 0 spiro atoms. The first kappa shape index (κ1) is 18.0. The Kier molecular flexibility index (Phi) is 5.88. The monoisotopic (exact) mass is 352 g/mol. The van der Waals surface area contributed by atoms with Crippen molar-refractivity contribution in [2.45, 2.75) is 30.5 Å². The number of para-hydroxylation sites is 1. The zero-order valence-electron chi connectivity index (χ0n) is 12.4. The lowest BCUT2D eigenvalue weighted by molar-refractivity contribution is -0.275. The zero-order valence-corrected chi connectivity index (χ0v) is 13.2. The van der Waals surface area contributed by atoms with Crippen LogP contribution in [0.1, 0.15) is 19.3 Å². The SMILES string of the molecule is O=S(=O)(NCCC1CCCNC1)c1ccccc1OC(F)(F)F. The molecule has 2 rings (SSSR count). The standard InChI is InChI=1S/C14H19F3N2O3S/c15-14(16,17)22-12-5-1-2-6-13(12)23(20,21)19-9-7-11-4-3-8-18-10-11/h1-2,5-6,11,18-19H,3-4,7-10H2. The molecule has 0 amide bonds. The summed E-state index contributed by atoms with van der Waals surface area (Å²) in [5.74, 6) is -0.361. The van der Waals surface area contributed by atoms with Crippen LogP contribution in [0.15, 0.2) is 29.2 Å². The van der Waals surface area contributed by atoms with Gasteiger partial charge in [-0.25, -0.2) is 13.1 Å². The van der Waals surface area contributed by atoms with Crippen molar-refractivity contribution in [1.82, 2.24) is 10.0 Å². The van der Waals surface area contributed by atoms with Crippen molar-refractivity contribution in [1.29, 1.82) is 0 Å². The van der Waals surface area contributed by atoms with Crippen molar-refractivity contribution in [2.75, 3.05) is 19.6 Å². The molecule has 1 heterocycles. The predicted octanol–water partition coefficient (Wildman–Crippen LogP) is 2.25. The summed E-state index contributed by atoms with van der Waals surface area (Å²) in [6.45, 7) is 1.97. The third-order valence-electron chi connectivity index (χ3n) is 3.61. The second-order valence-corrected chi connectivity index (χ2v) is 7.13. The fourth-order valence-corrected chi connectivity index (χ4v) is 3.70. The first-order valence-electron chi connectivity index (χ1n) is 7.33. The molecule has 1 aliphatic rings. The summed E-state index contributed by atoms with van der Waals surface area (Å²) < 4.78 is 67.6. The van der Waals surface area contributed by atoms with Gasteiger partial charge in [0.25, 0.3) is 0 Å². The minimum atomic E-state index is -4.95. The lowest BCUT2D eigenvalue weighted by Gasteiger charge is -2.22. The number of ether oxygens (including phenoxy) is 1. The number of rotatable bonds is 6. The molecular weight excluding hydrogens is 333 g/mol. The highest BCUT2D eigenvalue weighted by atomic mass is 32.2. The van der Waals surface area contributed by atoms with Crippen LogP contribution in [0.5, 0.6) is 5.75 Å². The number of piperidine rings is 1. The van der Waals surface area contributed by atoms with Crippen LogP contribution in [0.2, 0.25) is 0 Å².